The van der Waals surface area contributed by atoms with Crippen molar-refractivity contribution in [2.45, 2.75) is 38.4 Å². The normalized spacial score (nSPS) is 19.1. The third-order valence-corrected chi connectivity index (χ3v) is 7.67. The van der Waals surface area contributed by atoms with E-state index in [1.807, 2.05) is 42.6 Å². The molecule has 3 aliphatic rings. The number of likely N-dealkylation sites (tertiary alicyclic amines) is 1. The number of aromatic nitrogens is 1. The van der Waals surface area contributed by atoms with Gasteiger partial charge in [-0.2, -0.15) is 0 Å². The largest absolute Gasteiger partial charge is 0.497 e. The van der Waals surface area contributed by atoms with Gasteiger partial charge in [-0.1, -0.05) is 23.8 Å². The van der Waals surface area contributed by atoms with Gasteiger partial charge in [0, 0.05) is 55.4 Å². The average molecular weight is 498 g/mol. The summed E-state index contributed by atoms with van der Waals surface area (Å²) in [4.78, 5) is 19.3. The summed E-state index contributed by atoms with van der Waals surface area (Å²) in [6.07, 6.45) is 6.20. The lowest BCUT2D eigenvalue weighted by Gasteiger charge is -2.44. The van der Waals surface area contributed by atoms with Crippen LogP contribution in [0.3, 0.4) is 0 Å². The molecule has 7 nitrogen and oxygen atoms in total. The van der Waals surface area contributed by atoms with Crippen molar-refractivity contribution >= 4 is 17.4 Å². The van der Waals surface area contributed by atoms with Gasteiger partial charge in [-0.3, -0.25) is 10.3 Å². The number of carbonyl (C=O) groups excluding carboxylic acids is 1. The molecule has 2 aromatic carbocycles. The predicted molar refractivity (Wildman–Crippen MR) is 142 cm³/mol. The number of aryl methyl sites for hydroxylation is 1. The summed E-state index contributed by atoms with van der Waals surface area (Å²) in [5.74, 6) is 1.64. The number of hydrogen-bond donors (Lipinski definition) is 1. The van der Waals surface area contributed by atoms with Gasteiger partial charge in [-0.25, -0.2) is 4.79 Å². The Hall–Kier alpha value is -3.84. The number of rotatable bonds is 4. The number of anilines is 1. The molecule has 0 aliphatic carbocycles. The molecule has 6 rings (SSSR count). The number of hydrogen-bond acceptors (Lipinski definition) is 6. The molecule has 1 N–H and O–H groups in total. The molecule has 0 bridgehead atoms. The Morgan fingerprint density at radius 2 is 2.00 bits per heavy atom. The number of pyridine rings is 1. The van der Waals surface area contributed by atoms with E-state index in [2.05, 4.69) is 40.3 Å². The maximum Gasteiger partial charge on any atom is 0.412 e. The number of ether oxygens (including phenoxy) is 3. The van der Waals surface area contributed by atoms with E-state index < -0.39 is 5.60 Å². The number of nitrogens with one attached hydrogen (secondary N) is 1. The van der Waals surface area contributed by atoms with E-state index in [9.17, 15) is 4.79 Å². The smallest absolute Gasteiger partial charge is 0.412 e. The van der Waals surface area contributed by atoms with Gasteiger partial charge < -0.3 is 19.1 Å². The molecule has 1 saturated heterocycles. The minimum absolute atomic E-state index is 0.355. The SMILES string of the molecule is COc1ccc2c(c1)/C(=C/CCN1CCC3(CC1)OC(=O)Nc1ccc(C)cc13)c1cccnc1CO2. The summed E-state index contributed by atoms with van der Waals surface area (Å²) in [5.41, 5.74) is 6.78. The number of benzene rings is 2. The zero-order chi connectivity index (χ0) is 25.4. The minimum Gasteiger partial charge on any atom is -0.497 e. The van der Waals surface area contributed by atoms with E-state index in [4.69, 9.17) is 14.2 Å². The predicted octanol–water partition coefficient (Wildman–Crippen LogP) is 5.67. The van der Waals surface area contributed by atoms with Gasteiger partial charge in [0.15, 0.2) is 0 Å². The topological polar surface area (TPSA) is 72.9 Å². The summed E-state index contributed by atoms with van der Waals surface area (Å²) < 4.78 is 17.5. The van der Waals surface area contributed by atoms with Crippen molar-refractivity contribution in [3.05, 3.63) is 88.8 Å². The fourth-order valence-corrected chi connectivity index (χ4v) is 5.69. The second kappa shape index (κ2) is 9.56. The lowest BCUT2D eigenvalue weighted by Crippen LogP contribution is -2.48. The molecule has 0 unspecified atom stereocenters. The highest BCUT2D eigenvalue weighted by molar-refractivity contribution is 5.89. The Labute approximate surface area is 217 Å². The number of fused-ring (bicyclic) bond motifs is 4. The van der Waals surface area contributed by atoms with E-state index in [1.165, 1.54) is 5.56 Å². The molecule has 3 aromatic rings. The fourth-order valence-electron chi connectivity index (χ4n) is 5.69. The zero-order valence-electron chi connectivity index (χ0n) is 21.3. The number of amides is 1. The van der Waals surface area contributed by atoms with E-state index in [1.54, 1.807) is 7.11 Å². The van der Waals surface area contributed by atoms with Gasteiger partial charge in [0.1, 0.15) is 23.7 Å². The van der Waals surface area contributed by atoms with Crippen LogP contribution in [-0.2, 0) is 16.9 Å². The van der Waals surface area contributed by atoms with Gasteiger partial charge in [-0.05, 0) is 55.3 Å². The first-order valence-corrected chi connectivity index (χ1v) is 12.8. The summed E-state index contributed by atoms with van der Waals surface area (Å²) in [6, 6.07) is 16.2. The first kappa shape index (κ1) is 23.6. The Morgan fingerprint density at radius 1 is 1.14 bits per heavy atom. The van der Waals surface area contributed by atoms with Crippen molar-refractivity contribution in [2.24, 2.45) is 0 Å². The van der Waals surface area contributed by atoms with E-state index in [0.29, 0.717) is 6.61 Å². The van der Waals surface area contributed by atoms with Crippen molar-refractivity contribution < 1.29 is 19.0 Å². The fraction of sp³-hybridized carbons (Fsp3) is 0.333. The molecule has 190 valence electrons. The van der Waals surface area contributed by atoms with Gasteiger partial charge >= 0.3 is 6.09 Å². The molecule has 1 amide bonds. The lowest BCUT2D eigenvalue weighted by atomic mass is 9.81. The monoisotopic (exact) mass is 497 g/mol. The summed E-state index contributed by atoms with van der Waals surface area (Å²) in [6.45, 7) is 5.18. The Bertz CT molecular complexity index is 1370. The Kier molecular flexibility index (Phi) is 6.08. The van der Waals surface area contributed by atoms with E-state index in [-0.39, 0.29) is 6.09 Å². The highest BCUT2D eigenvalue weighted by Crippen LogP contribution is 2.44. The number of nitrogens with zero attached hydrogens (tertiary/aromatic N) is 2. The molecular formula is C30H31N3O4. The maximum absolute atomic E-state index is 12.3. The van der Waals surface area contributed by atoms with Crippen LogP contribution in [0.25, 0.3) is 5.57 Å². The third kappa shape index (κ3) is 4.44. The van der Waals surface area contributed by atoms with Crippen molar-refractivity contribution in [3.63, 3.8) is 0 Å². The maximum atomic E-state index is 12.3. The number of methoxy groups -OCH3 is 1. The molecule has 3 aliphatic heterocycles. The van der Waals surface area contributed by atoms with Crippen LogP contribution in [0.1, 0.15) is 47.2 Å². The van der Waals surface area contributed by atoms with E-state index >= 15 is 0 Å². The van der Waals surface area contributed by atoms with Crippen LogP contribution in [0, 0.1) is 6.92 Å². The van der Waals surface area contributed by atoms with Crippen molar-refractivity contribution in [3.8, 4) is 11.5 Å². The van der Waals surface area contributed by atoms with E-state index in [0.717, 1.165) is 84.0 Å². The van der Waals surface area contributed by atoms with Gasteiger partial charge in [0.2, 0.25) is 0 Å². The summed E-state index contributed by atoms with van der Waals surface area (Å²) in [5, 5.41) is 2.86. The summed E-state index contributed by atoms with van der Waals surface area (Å²) in [7, 11) is 1.68. The second-order valence-corrected chi connectivity index (χ2v) is 9.95. The average Bonchev–Trinajstić information content (AvgIpc) is 3.07. The molecule has 0 atom stereocenters. The minimum atomic E-state index is -0.544. The van der Waals surface area contributed by atoms with Crippen LogP contribution >= 0.6 is 0 Å². The molecule has 1 aromatic heterocycles. The molecule has 0 radical (unpaired) electrons. The standard InChI is InChI=1S/C30H31N3O4/c1-20-7-9-26-25(17-20)30(37-29(34)32-26)11-15-33(16-12-30)14-4-6-22-23-5-3-13-31-27(23)19-36-28-10-8-21(35-2)18-24(22)28/h3,5-10,13,17-18H,4,11-12,14-16,19H2,1-2H3,(H,32,34)/b22-6+. The highest BCUT2D eigenvalue weighted by atomic mass is 16.6. The molecular weight excluding hydrogens is 466 g/mol. The number of carbonyl (C=O) groups is 1. The van der Waals surface area contributed by atoms with Crippen molar-refractivity contribution in [1.29, 1.82) is 0 Å². The lowest BCUT2D eigenvalue weighted by molar-refractivity contribution is -0.0375. The van der Waals surface area contributed by atoms with Crippen molar-refractivity contribution in [1.82, 2.24) is 9.88 Å². The molecule has 1 spiro atoms. The van der Waals surface area contributed by atoms with Crippen LogP contribution < -0.4 is 14.8 Å². The Morgan fingerprint density at radius 3 is 2.84 bits per heavy atom. The first-order valence-electron chi connectivity index (χ1n) is 12.8. The van der Waals surface area contributed by atoms with Crippen molar-refractivity contribution in [2.75, 3.05) is 32.1 Å². The highest BCUT2D eigenvalue weighted by Gasteiger charge is 2.44. The quantitative estimate of drug-likeness (QED) is 0.501. The third-order valence-electron chi connectivity index (χ3n) is 7.67. The molecule has 37 heavy (non-hydrogen) atoms. The molecule has 4 heterocycles. The number of piperidine rings is 1. The first-order chi connectivity index (χ1) is 18.0. The van der Waals surface area contributed by atoms with Gasteiger partial charge in [0.25, 0.3) is 0 Å². The molecule has 1 fully saturated rings. The molecule has 0 saturated carbocycles. The van der Waals surface area contributed by atoms with Crippen LogP contribution in [-0.4, -0.2) is 42.7 Å². The van der Waals surface area contributed by atoms with Crippen LogP contribution in [0.2, 0.25) is 0 Å². The second-order valence-electron chi connectivity index (χ2n) is 9.95. The Balaban J connectivity index is 1.21. The van der Waals surface area contributed by atoms with Crippen LogP contribution in [0.15, 0.2) is 60.8 Å². The van der Waals surface area contributed by atoms with Crippen LogP contribution in [0.5, 0.6) is 11.5 Å². The van der Waals surface area contributed by atoms with Crippen LogP contribution in [0.4, 0.5) is 10.5 Å². The zero-order valence-corrected chi connectivity index (χ0v) is 21.3. The van der Waals surface area contributed by atoms with Gasteiger partial charge in [0.05, 0.1) is 18.5 Å². The summed E-state index contributed by atoms with van der Waals surface area (Å²) >= 11 is 0. The molecule has 7 heteroatoms. The van der Waals surface area contributed by atoms with Gasteiger partial charge in [-0.15, -0.1) is 0 Å².